The first-order chi connectivity index (χ1) is 15.4. The predicted molar refractivity (Wildman–Crippen MR) is 123 cm³/mol. The largest absolute Gasteiger partial charge is 0.486 e. The van der Waals surface area contributed by atoms with Gasteiger partial charge in [0, 0.05) is 22.3 Å². The number of nitrogens with zero attached hydrogens (tertiary/aromatic N) is 2. The second-order valence-corrected chi connectivity index (χ2v) is 9.02. The third kappa shape index (κ3) is 5.53. The maximum atomic E-state index is 13.7. The van der Waals surface area contributed by atoms with Crippen LogP contribution >= 0.6 is 38.9 Å². The first-order valence-corrected chi connectivity index (χ1v) is 11.4. The van der Waals surface area contributed by atoms with Crippen molar-refractivity contribution in [2.75, 3.05) is 5.32 Å². The summed E-state index contributed by atoms with van der Waals surface area (Å²) in [6.45, 7) is 0.540. The molecule has 32 heavy (non-hydrogen) atoms. The molecule has 2 aromatic carbocycles. The molecule has 2 heterocycles. The zero-order chi connectivity index (χ0) is 22.7. The monoisotopic (exact) mass is 537 g/mol. The molecule has 5 nitrogen and oxygen atoms in total. The van der Waals surface area contributed by atoms with Gasteiger partial charge in [0.05, 0.1) is 11.4 Å². The molecule has 0 aliphatic rings. The van der Waals surface area contributed by atoms with Crippen LogP contribution in [0.5, 0.6) is 5.75 Å². The smallest absolute Gasteiger partial charge is 0.266 e. The molecule has 10 heteroatoms. The van der Waals surface area contributed by atoms with Crippen LogP contribution < -0.4 is 10.1 Å². The summed E-state index contributed by atoms with van der Waals surface area (Å²) in [6, 6.07) is 12.5. The van der Waals surface area contributed by atoms with E-state index >= 15 is 0 Å². The highest BCUT2D eigenvalue weighted by Crippen LogP contribution is 2.24. The number of halogens is 4. The summed E-state index contributed by atoms with van der Waals surface area (Å²) < 4.78 is 34.6. The first-order valence-electron chi connectivity index (χ1n) is 9.31. The molecule has 164 valence electrons. The van der Waals surface area contributed by atoms with E-state index in [1.54, 1.807) is 22.3 Å². The Bertz CT molecular complexity index is 1260. The number of benzene rings is 2. The number of hydrogen-bond donors (Lipinski definition) is 1. The Hall–Kier alpha value is -2.75. The normalized spacial score (nSPS) is 10.9. The lowest BCUT2D eigenvalue weighted by Gasteiger charge is -2.05. The third-order valence-electron chi connectivity index (χ3n) is 4.37. The van der Waals surface area contributed by atoms with Gasteiger partial charge in [-0.3, -0.25) is 9.48 Å². The number of ether oxygens (including phenoxy) is 1. The van der Waals surface area contributed by atoms with Crippen molar-refractivity contribution in [1.82, 2.24) is 9.78 Å². The lowest BCUT2D eigenvalue weighted by molar-refractivity contribution is 0.103. The van der Waals surface area contributed by atoms with Crippen molar-refractivity contribution in [3.63, 3.8) is 0 Å². The number of hydrogen-bond acceptors (Lipinski definition) is 4. The number of thiophene rings is 1. The Morgan fingerprint density at radius 2 is 1.94 bits per heavy atom. The molecule has 1 N–H and O–H groups in total. The molecule has 0 spiro atoms. The van der Waals surface area contributed by atoms with E-state index in [9.17, 15) is 13.6 Å². The Morgan fingerprint density at radius 1 is 1.16 bits per heavy atom. The fraction of sp³-hybridized carbons (Fsp3) is 0.0909. The van der Waals surface area contributed by atoms with Gasteiger partial charge in [0.2, 0.25) is 0 Å². The minimum Gasteiger partial charge on any atom is -0.486 e. The Morgan fingerprint density at radius 3 is 2.69 bits per heavy atom. The summed E-state index contributed by atoms with van der Waals surface area (Å²) in [5, 5.41) is 9.09. The van der Waals surface area contributed by atoms with Gasteiger partial charge in [0.25, 0.3) is 5.91 Å². The van der Waals surface area contributed by atoms with Crippen LogP contribution in [-0.2, 0) is 13.2 Å². The SMILES string of the molecule is O=C(Nc1nn(Cc2ccc(Br)cc2)cc1Cl)c1cc(COc2ccc(F)cc2F)cs1. The van der Waals surface area contributed by atoms with Crippen molar-refractivity contribution in [3.8, 4) is 5.75 Å². The topological polar surface area (TPSA) is 56.2 Å². The van der Waals surface area contributed by atoms with Crippen LogP contribution in [0, 0.1) is 11.6 Å². The highest BCUT2D eigenvalue weighted by Gasteiger charge is 2.15. The molecule has 4 rings (SSSR count). The van der Waals surface area contributed by atoms with Crippen LogP contribution in [0.3, 0.4) is 0 Å². The molecule has 0 bridgehead atoms. The molecule has 1 amide bonds. The highest BCUT2D eigenvalue weighted by atomic mass is 79.9. The molecule has 2 aromatic heterocycles. The van der Waals surface area contributed by atoms with E-state index in [1.165, 1.54) is 17.4 Å². The summed E-state index contributed by atoms with van der Waals surface area (Å²) in [4.78, 5) is 13.0. The van der Waals surface area contributed by atoms with E-state index in [2.05, 4.69) is 26.3 Å². The number of aromatic nitrogens is 2. The molecule has 0 radical (unpaired) electrons. The summed E-state index contributed by atoms with van der Waals surface area (Å²) in [7, 11) is 0. The van der Waals surface area contributed by atoms with E-state index in [0.29, 0.717) is 22.0 Å². The molecule has 0 saturated carbocycles. The van der Waals surface area contributed by atoms with E-state index in [4.69, 9.17) is 16.3 Å². The number of rotatable bonds is 7. The molecule has 0 unspecified atom stereocenters. The van der Waals surface area contributed by atoms with Gasteiger partial charge >= 0.3 is 0 Å². The molecule has 4 aromatic rings. The fourth-order valence-corrected chi connectivity index (χ4v) is 4.09. The van der Waals surface area contributed by atoms with Gasteiger partial charge in [0.15, 0.2) is 17.4 Å². The van der Waals surface area contributed by atoms with Crippen LogP contribution in [0.2, 0.25) is 5.02 Å². The average molecular weight is 539 g/mol. The van der Waals surface area contributed by atoms with Crippen molar-refractivity contribution < 1.29 is 18.3 Å². The molecule has 0 saturated heterocycles. The predicted octanol–water partition coefficient (Wildman–Crippen LogP) is 6.52. The molecule has 0 aliphatic carbocycles. The van der Waals surface area contributed by atoms with Crippen LogP contribution in [0.15, 0.2) is 64.6 Å². The number of amides is 1. The summed E-state index contributed by atoms with van der Waals surface area (Å²) in [5.41, 5.74) is 1.71. The van der Waals surface area contributed by atoms with Gasteiger partial charge in [-0.2, -0.15) is 5.10 Å². The molecule has 0 aliphatic heterocycles. The summed E-state index contributed by atoms with van der Waals surface area (Å²) in [5.74, 6) is -1.64. The summed E-state index contributed by atoms with van der Waals surface area (Å²) >= 11 is 10.8. The van der Waals surface area contributed by atoms with Crippen LogP contribution in [0.25, 0.3) is 0 Å². The molecular weight excluding hydrogens is 524 g/mol. The number of carbonyl (C=O) groups is 1. The first kappa shape index (κ1) is 22.4. The molecule has 0 fully saturated rings. The van der Waals surface area contributed by atoms with Gasteiger partial charge in [-0.15, -0.1) is 11.3 Å². The molecular formula is C22H15BrClF2N3O2S. The van der Waals surface area contributed by atoms with Gasteiger partial charge in [-0.05, 0) is 41.3 Å². The summed E-state index contributed by atoms with van der Waals surface area (Å²) in [6.07, 6.45) is 1.64. The Labute approximate surface area is 199 Å². The van der Waals surface area contributed by atoms with Gasteiger partial charge in [0.1, 0.15) is 17.4 Å². The van der Waals surface area contributed by atoms with Gasteiger partial charge in [-0.25, -0.2) is 8.78 Å². The zero-order valence-corrected chi connectivity index (χ0v) is 19.5. The van der Waals surface area contributed by atoms with Gasteiger partial charge < -0.3 is 10.1 Å². The Kier molecular flexibility index (Phi) is 6.88. The highest BCUT2D eigenvalue weighted by molar-refractivity contribution is 9.10. The Balaban J connectivity index is 1.37. The quantitative estimate of drug-likeness (QED) is 0.291. The van der Waals surface area contributed by atoms with Crippen molar-refractivity contribution in [2.24, 2.45) is 0 Å². The minimum absolute atomic E-state index is 0.0366. The van der Waals surface area contributed by atoms with Crippen LogP contribution in [0.4, 0.5) is 14.6 Å². The number of nitrogens with one attached hydrogen (secondary N) is 1. The maximum Gasteiger partial charge on any atom is 0.266 e. The van der Waals surface area contributed by atoms with Crippen molar-refractivity contribution in [3.05, 3.63) is 97.2 Å². The van der Waals surface area contributed by atoms with Crippen LogP contribution in [0.1, 0.15) is 20.8 Å². The van der Waals surface area contributed by atoms with E-state index in [1.807, 2.05) is 24.3 Å². The van der Waals surface area contributed by atoms with Crippen molar-refractivity contribution in [1.29, 1.82) is 0 Å². The lowest BCUT2D eigenvalue weighted by Crippen LogP contribution is -2.11. The van der Waals surface area contributed by atoms with E-state index in [-0.39, 0.29) is 24.1 Å². The second kappa shape index (κ2) is 9.81. The van der Waals surface area contributed by atoms with Crippen molar-refractivity contribution in [2.45, 2.75) is 13.2 Å². The number of carbonyl (C=O) groups excluding carboxylic acids is 1. The maximum absolute atomic E-state index is 13.7. The third-order valence-corrected chi connectivity index (χ3v) is 6.16. The van der Waals surface area contributed by atoms with E-state index < -0.39 is 11.6 Å². The fourth-order valence-electron chi connectivity index (χ4n) is 2.83. The minimum atomic E-state index is -0.786. The lowest BCUT2D eigenvalue weighted by atomic mass is 10.2. The zero-order valence-electron chi connectivity index (χ0n) is 16.3. The van der Waals surface area contributed by atoms with Gasteiger partial charge in [-0.1, -0.05) is 39.7 Å². The second-order valence-electron chi connectivity index (χ2n) is 6.79. The van der Waals surface area contributed by atoms with E-state index in [0.717, 1.165) is 22.2 Å². The standard InChI is InChI=1S/C22H15BrClF2N3O2S/c23-15-3-1-13(2-4-15)9-29-10-17(24)21(28-29)27-22(30)20-7-14(12-32-20)11-31-19-6-5-16(25)8-18(19)26/h1-8,10,12H,9,11H2,(H,27,28,30). The van der Waals surface area contributed by atoms with Crippen LogP contribution in [-0.4, -0.2) is 15.7 Å². The number of anilines is 1. The van der Waals surface area contributed by atoms with Crippen molar-refractivity contribution >= 4 is 50.6 Å². The average Bonchev–Trinajstić information content (AvgIpc) is 3.36. The molecule has 0 atom stereocenters.